The molecule has 70 valence electrons. The molecule has 0 unspecified atom stereocenters. The molecule has 0 bridgehead atoms. The van der Waals surface area contributed by atoms with E-state index in [-0.39, 0.29) is 5.54 Å². The largest absolute Gasteiger partial charge is 0.310 e. The molecule has 13 heavy (non-hydrogen) atoms. The maximum absolute atomic E-state index is 6.03. The zero-order chi connectivity index (χ0) is 9.47. The normalized spacial score (nSPS) is 18.7. The van der Waals surface area contributed by atoms with Crippen LogP contribution in [0, 0.1) is 0 Å². The summed E-state index contributed by atoms with van der Waals surface area (Å²) >= 11 is 9.42. The summed E-state index contributed by atoms with van der Waals surface area (Å²) in [5, 5.41) is 4.13. The average molecular weight is 261 g/mol. The predicted molar refractivity (Wildman–Crippen MR) is 59.1 cm³/mol. The molecular formula is C10H11BrClN. The maximum atomic E-state index is 6.03. The monoisotopic (exact) mass is 259 g/mol. The van der Waals surface area contributed by atoms with E-state index in [4.69, 9.17) is 11.6 Å². The molecule has 2 rings (SSSR count). The van der Waals surface area contributed by atoms with Crippen molar-refractivity contribution in [3.8, 4) is 0 Å². The molecule has 3 heteroatoms. The van der Waals surface area contributed by atoms with Crippen molar-refractivity contribution in [1.29, 1.82) is 0 Å². The molecule has 1 aliphatic rings. The quantitative estimate of drug-likeness (QED) is 0.860. The van der Waals surface area contributed by atoms with E-state index in [0.717, 1.165) is 9.50 Å². The van der Waals surface area contributed by atoms with E-state index in [1.807, 2.05) is 19.2 Å². The van der Waals surface area contributed by atoms with Crippen LogP contribution in [0.3, 0.4) is 0 Å². The smallest absolute Gasteiger partial charge is 0.0551 e. The first-order valence-corrected chi connectivity index (χ1v) is 5.49. The van der Waals surface area contributed by atoms with Gasteiger partial charge in [0.15, 0.2) is 0 Å². The fourth-order valence-corrected chi connectivity index (χ4v) is 2.03. The summed E-state index contributed by atoms with van der Waals surface area (Å²) in [7, 11) is 2.00. The highest BCUT2D eigenvalue weighted by molar-refractivity contribution is 9.10. The van der Waals surface area contributed by atoms with Gasteiger partial charge < -0.3 is 5.32 Å². The van der Waals surface area contributed by atoms with Crippen molar-refractivity contribution in [2.24, 2.45) is 0 Å². The number of nitrogens with one attached hydrogen (secondary N) is 1. The third-order valence-electron chi connectivity index (χ3n) is 2.70. The molecule has 0 heterocycles. The summed E-state index contributed by atoms with van der Waals surface area (Å²) in [6.07, 6.45) is 2.42. The molecule has 1 saturated carbocycles. The van der Waals surface area contributed by atoms with Crippen LogP contribution in [0.2, 0.25) is 5.02 Å². The van der Waals surface area contributed by atoms with Gasteiger partial charge in [-0.05, 0) is 53.5 Å². The van der Waals surface area contributed by atoms with Crippen molar-refractivity contribution in [3.05, 3.63) is 33.3 Å². The van der Waals surface area contributed by atoms with Gasteiger partial charge in [0.1, 0.15) is 0 Å². The molecule has 0 radical (unpaired) electrons. The molecule has 0 spiro atoms. The Balaban J connectivity index is 2.37. The van der Waals surface area contributed by atoms with E-state index < -0.39 is 0 Å². The minimum atomic E-state index is 0.213. The first kappa shape index (κ1) is 9.50. The summed E-state index contributed by atoms with van der Waals surface area (Å²) < 4.78 is 0.963. The summed E-state index contributed by atoms with van der Waals surface area (Å²) in [6, 6.07) is 6.17. The van der Waals surface area contributed by atoms with E-state index >= 15 is 0 Å². The van der Waals surface area contributed by atoms with Crippen LogP contribution in [0.5, 0.6) is 0 Å². The highest BCUT2D eigenvalue weighted by atomic mass is 79.9. The molecule has 0 aromatic heterocycles. The lowest BCUT2D eigenvalue weighted by atomic mass is 10.1. The lowest BCUT2D eigenvalue weighted by molar-refractivity contribution is 0.585. The van der Waals surface area contributed by atoms with Crippen molar-refractivity contribution in [2.45, 2.75) is 18.4 Å². The molecule has 1 N–H and O–H groups in total. The Morgan fingerprint density at radius 1 is 1.46 bits per heavy atom. The Morgan fingerprint density at radius 2 is 2.15 bits per heavy atom. The molecule has 0 atom stereocenters. The lowest BCUT2D eigenvalue weighted by Crippen LogP contribution is -2.24. The van der Waals surface area contributed by atoms with Crippen LogP contribution >= 0.6 is 27.5 Å². The highest BCUT2D eigenvalue weighted by Crippen LogP contribution is 2.46. The van der Waals surface area contributed by atoms with Crippen LogP contribution in [-0.4, -0.2) is 7.05 Å². The second-order valence-electron chi connectivity index (χ2n) is 3.46. The molecule has 1 nitrogen and oxygen atoms in total. The van der Waals surface area contributed by atoms with Crippen LogP contribution < -0.4 is 5.32 Å². The van der Waals surface area contributed by atoms with Crippen molar-refractivity contribution in [2.75, 3.05) is 7.05 Å². The fraction of sp³-hybridized carbons (Fsp3) is 0.400. The average Bonchev–Trinajstić information content (AvgIpc) is 2.90. The lowest BCUT2D eigenvalue weighted by Gasteiger charge is -2.14. The fourth-order valence-electron chi connectivity index (χ4n) is 1.60. The standard InChI is InChI=1S/C10H11BrClN/c1-13-10(4-5-10)7-2-3-8(11)9(12)6-7/h2-3,6,13H,4-5H2,1H3. The van der Waals surface area contributed by atoms with Gasteiger partial charge in [-0.1, -0.05) is 17.7 Å². The van der Waals surface area contributed by atoms with Crippen molar-refractivity contribution >= 4 is 27.5 Å². The van der Waals surface area contributed by atoms with Crippen LogP contribution in [0.15, 0.2) is 22.7 Å². The molecule has 0 aliphatic heterocycles. The van der Waals surface area contributed by atoms with Crippen molar-refractivity contribution < 1.29 is 0 Å². The van der Waals surface area contributed by atoms with Gasteiger partial charge in [0.25, 0.3) is 0 Å². The van der Waals surface area contributed by atoms with Crippen molar-refractivity contribution in [1.82, 2.24) is 5.32 Å². The summed E-state index contributed by atoms with van der Waals surface area (Å²) in [6.45, 7) is 0. The molecule has 0 amide bonds. The second kappa shape index (κ2) is 3.26. The van der Waals surface area contributed by atoms with Gasteiger partial charge in [0.2, 0.25) is 0 Å². The zero-order valence-corrected chi connectivity index (χ0v) is 9.74. The Kier molecular flexibility index (Phi) is 2.39. The summed E-state index contributed by atoms with van der Waals surface area (Å²) in [5.41, 5.74) is 1.51. The molecule has 1 aromatic carbocycles. The van der Waals surface area contributed by atoms with E-state index in [9.17, 15) is 0 Å². The van der Waals surface area contributed by atoms with Gasteiger partial charge in [-0.15, -0.1) is 0 Å². The summed E-state index contributed by atoms with van der Waals surface area (Å²) in [5.74, 6) is 0. The van der Waals surface area contributed by atoms with E-state index in [2.05, 4.69) is 27.3 Å². The molecular weight excluding hydrogens is 249 g/mol. The number of rotatable bonds is 2. The molecule has 1 aromatic rings. The van der Waals surface area contributed by atoms with Gasteiger partial charge in [0.05, 0.1) is 5.02 Å². The molecule has 1 aliphatic carbocycles. The van der Waals surface area contributed by atoms with Gasteiger partial charge in [-0.2, -0.15) is 0 Å². The van der Waals surface area contributed by atoms with Crippen LogP contribution in [0.4, 0.5) is 0 Å². The molecule has 0 saturated heterocycles. The first-order valence-electron chi connectivity index (χ1n) is 4.32. The van der Waals surface area contributed by atoms with Gasteiger partial charge >= 0.3 is 0 Å². The number of halogens is 2. The van der Waals surface area contributed by atoms with Crippen molar-refractivity contribution in [3.63, 3.8) is 0 Å². The van der Waals surface area contributed by atoms with Gasteiger partial charge in [0, 0.05) is 10.0 Å². The van der Waals surface area contributed by atoms with Gasteiger partial charge in [-0.3, -0.25) is 0 Å². The Labute approximate surface area is 91.6 Å². The number of hydrogen-bond donors (Lipinski definition) is 1. The maximum Gasteiger partial charge on any atom is 0.0551 e. The van der Waals surface area contributed by atoms with E-state index in [1.54, 1.807) is 0 Å². The van der Waals surface area contributed by atoms with E-state index in [0.29, 0.717) is 0 Å². The number of benzene rings is 1. The highest BCUT2D eigenvalue weighted by Gasteiger charge is 2.42. The summed E-state index contributed by atoms with van der Waals surface area (Å²) in [4.78, 5) is 0. The zero-order valence-electron chi connectivity index (χ0n) is 7.40. The minimum absolute atomic E-state index is 0.213. The topological polar surface area (TPSA) is 12.0 Å². The SMILES string of the molecule is CNC1(c2ccc(Br)c(Cl)c2)CC1. The van der Waals surface area contributed by atoms with Crippen LogP contribution in [0.1, 0.15) is 18.4 Å². The molecule has 1 fully saturated rings. The van der Waals surface area contributed by atoms with Crippen LogP contribution in [0.25, 0.3) is 0 Å². The minimum Gasteiger partial charge on any atom is -0.310 e. The Bertz CT molecular complexity index is 334. The van der Waals surface area contributed by atoms with E-state index in [1.165, 1.54) is 18.4 Å². The van der Waals surface area contributed by atoms with Crippen LogP contribution in [-0.2, 0) is 5.54 Å². The third-order valence-corrected chi connectivity index (χ3v) is 3.93. The Morgan fingerprint density at radius 3 is 2.62 bits per heavy atom. The third kappa shape index (κ3) is 1.63. The Hall–Kier alpha value is -0.0500. The van der Waals surface area contributed by atoms with Gasteiger partial charge in [-0.25, -0.2) is 0 Å². The predicted octanol–water partition coefficient (Wildman–Crippen LogP) is 3.31. The number of hydrogen-bond acceptors (Lipinski definition) is 1. The second-order valence-corrected chi connectivity index (χ2v) is 4.72. The first-order chi connectivity index (χ1) is 6.18.